The van der Waals surface area contributed by atoms with Crippen LogP contribution in [0.1, 0.15) is 41.6 Å². The third-order valence-corrected chi connectivity index (χ3v) is 4.89. The number of hydrogen-bond acceptors (Lipinski definition) is 7. The molecule has 152 valence electrons. The predicted octanol–water partition coefficient (Wildman–Crippen LogP) is 0.888. The molecule has 2 aliphatic rings. The van der Waals surface area contributed by atoms with E-state index in [-0.39, 0.29) is 30.6 Å². The Labute approximate surface area is 164 Å². The highest BCUT2D eigenvalue weighted by molar-refractivity contribution is 6.47. The molecule has 1 unspecified atom stereocenters. The Hall–Kier alpha value is -2.10. The molecule has 0 aliphatic carbocycles. The summed E-state index contributed by atoms with van der Waals surface area (Å²) in [5.74, 6) is -1.03. The molecule has 1 saturated heterocycles. The van der Waals surface area contributed by atoms with Crippen LogP contribution in [-0.4, -0.2) is 63.0 Å². The third-order valence-electron chi connectivity index (χ3n) is 4.89. The lowest BCUT2D eigenvalue weighted by Crippen LogP contribution is -2.53. The van der Waals surface area contributed by atoms with Gasteiger partial charge in [-0.1, -0.05) is 12.1 Å². The molecule has 2 aliphatic heterocycles. The van der Waals surface area contributed by atoms with Gasteiger partial charge in [-0.2, -0.15) is 0 Å². The first-order valence-corrected chi connectivity index (χ1v) is 9.62. The SMILES string of the molecule is COCCOC(=O)c1cccc2c1OB(O)[C@@H](NC(=O)CC1CCCCO1)C2. The molecule has 2 N–H and O–H groups in total. The molecular weight excluding hydrogens is 365 g/mol. The molecule has 8 nitrogen and oxygen atoms in total. The van der Waals surface area contributed by atoms with Crippen LogP contribution in [0.2, 0.25) is 0 Å². The molecule has 0 bridgehead atoms. The number of carbonyl (C=O) groups is 2. The van der Waals surface area contributed by atoms with E-state index < -0.39 is 19.0 Å². The summed E-state index contributed by atoms with van der Waals surface area (Å²) in [5.41, 5.74) is 0.971. The van der Waals surface area contributed by atoms with Crippen molar-refractivity contribution < 1.29 is 33.5 Å². The zero-order chi connectivity index (χ0) is 19.9. The van der Waals surface area contributed by atoms with E-state index in [1.165, 1.54) is 7.11 Å². The van der Waals surface area contributed by atoms with Crippen molar-refractivity contribution in [1.82, 2.24) is 5.32 Å². The summed E-state index contributed by atoms with van der Waals surface area (Å²) < 4.78 is 21.2. The van der Waals surface area contributed by atoms with Crippen LogP contribution in [-0.2, 0) is 25.4 Å². The van der Waals surface area contributed by atoms with Crippen molar-refractivity contribution in [2.75, 3.05) is 26.9 Å². The largest absolute Gasteiger partial charge is 0.547 e. The summed E-state index contributed by atoms with van der Waals surface area (Å²) in [7, 11) is 0.267. The average molecular weight is 391 g/mol. The quantitative estimate of drug-likeness (QED) is 0.404. The molecule has 2 atom stereocenters. The van der Waals surface area contributed by atoms with Crippen molar-refractivity contribution in [1.29, 1.82) is 0 Å². The van der Waals surface area contributed by atoms with Gasteiger partial charge >= 0.3 is 13.1 Å². The van der Waals surface area contributed by atoms with Crippen LogP contribution in [0.15, 0.2) is 18.2 Å². The second-order valence-corrected chi connectivity index (χ2v) is 7.00. The van der Waals surface area contributed by atoms with Crippen LogP contribution in [0, 0.1) is 0 Å². The highest BCUT2D eigenvalue weighted by atomic mass is 16.6. The summed E-state index contributed by atoms with van der Waals surface area (Å²) in [6.45, 7) is 1.11. The number of esters is 1. The standard InChI is InChI=1S/C19H26BNO7/c1-25-9-10-27-19(23)15-7-4-5-13-11-16(20(24)28-18(13)15)21-17(22)12-14-6-2-3-8-26-14/h4-5,7,14,16,24H,2-3,6,8-12H2,1H3,(H,21,22)/t14?,16-/m0/s1. The number of fused-ring (bicyclic) bond motifs is 1. The number of rotatable bonds is 7. The molecule has 0 radical (unpaired) electrons. The first kappa shape index (κ1) is 20.6. The predicted molar refractivity (Wildman–Crippen MR) is 101 cm³/mol. The van der Waals surface area contributed by atoms with E-state index in [2.05, 4.69) is 5.32 Å². The van der Waals surface area contributed by atoms with Crippen molar-refractivity contribution in [3.63, 3.8) is 0 Å². The Balaban J connectivity index is 1.61. The molecule has 9 heteroatoms. The van der Waals surface area contributed by atoms with Crippen LogP contribution in [0.4, 0.5) is 0 Å². The summed E-state index contributed by atoms with van der Waals surface area (Å²) in [6, 6.07) is 5.11. The minimum atomic E-state index is -1.25. The lowest BCUT2D eigenvalue weighted by atomic mass is 9.72. The Morgan fingerprint density at radius 2 is 2.18 bits per heavy atom. The van der Waals surface area contributed by atoms with Gasteiger partial charge in [-0.15, -0.1) is 0 Å². The van der Waals surface area contributed by atoms with Crippen molar-refractivity contribution in [3.8, 4) is 5.75 Å². The van der Waals surface area contributed by atoms with Gasteiger partial charge in [-0.05, 0) is 37.3 Å². The Kier molecular flexibility index (Phi) is 7.30. The zero-order valence-electron chi connectivity index (χ0n) is 16.0. The van der Waals surface area contributed by atoms with E-state index in [4.69, 9.17) is 18.9 Å². The maximum absolute atomic E-state index is 12.3. The van der Waals surface area contributed by atoms with Gasteiger partial charge in [0.2, 0.25) is 5.91 Å². The number of benzene rings is 1. The van der Waals surface area contributed by atoms with E-state index in [0.29, 0.717) is 25.4 Å². The third kappa shape index (κ3) is 5.24. The monoisotopic (exact) mass is 391 g/mol. The molecule has 0 spiro atoms. The van der Waals surface area contributed by atoms with Gasteiger partial charge in [0, 0.05) is 13.7 Å². The minimum Gasteiger partial charge on any atom is -0.534 e. The Bertz CT molecular complexity index is 693. The second kappa shape index (κ2) is 9.91. The van der Waals surface area contributed by atoms with Crippen LogP contribution in [0.25, 0.3) is 0 Å². The van der Waals surface area contributed by atoms with Gasteiger partial charge in [0.15, 0.2) is 0 Å². The van der Waals surface area contributed by atoms with Gasteiger partial charge in [0.25, 0.3) is 0 Å². The molecule has 28 heavy (non-hydrogen) atoms. The fraction of sp³-hybridized carbons (Fsp3) is 0.579. The molecule has 1 aromatic carbocycles. The van der Waals surface area contributed by atoms with Crippen molar-refractivity contribution in [2.24, 2.45) is 0 Å². The average Bonchev–Trinajstić information content (AvgIpc) is 2.69. The number of ether oxygens (including phenoxy) is 3. The number of para-hydroxylation sites is 1. The fourth-order valence-electron chi connectivity index (χ4n) is 3.44. The lowest BCUT2D eigenvalue weighted by Gasteiger charge is -2.30. The number of nitrogens with one attached hydrogen (secondary N) is 1. The molecule has 0 saturated carbocycles. The maximum atomic E-state index is 12.3. The molecule has 1 aromatic rings. The van der Waals surface area contributed by atoms with Crippen LogP contribution < -0.4 is 9.97 Å². The van der Waals surface area contributed by atoms with E-state index in [1.807, 2.05) is 0 Å². The van der Waals surface area contributed by atoms with Gasteiger partial charge in [-0.25, -0.2) is 4.79 Å². The van der Waals surface area contributed by atoms with Crippen LogP contribution in [0.5, 0.6) is 5.75 Å². The molecule has 1 amide bonds. The topological polar surface area (TPSA) is 103 Å². The Morgan fingerprint density at radius 1 is 1.32 bits per heavy atom. The van der Waals surface area contributed by atoms with Crippen molar-refractivity contribution in [3.05, 3.63) is 29.3 Å². The van der Waals surface area contributed by atoms with Crippen LogP contribution in [0.3, 0.4) is 0 Å². The molecule has 2 heterocycles. The zero-order valence-corrected chi connectivity index (χ0v) is 16.0. The Morgan fingerprint density at radius 3 is 2.93 bits per heavy atom. The van der Waals surface area contributed by atoms with E-state index in [1.54, 1.807) is 18.2 Å². The van der Waals surface area contributed by atoms with Gasteiger partial charge in [0.05, 0.1) is 25.1 Å². The number of carbonyl (C=O) groups excluding carboxylic acids is 2. The van der Waals surface area contributed by atoms with Gasteiger partial charge in [0.1, 0.15) is 17.9 Å². The molecular formula is C19H26BNO7. The normalized spacial score (nSPS) is 21.4. The van der Waals surface area contributed by atoms with Crippen LogP contribution >= 0.6 is 0 Å². The second-order valence-electron chi connectivity index (χ2n) is 7.00. The highest BCUT2D eigenvalue weighted by Gasteiger charge is 2.38. The number of methoxy groups -OCH3 is 1. The van der Waals surface area contributed by atoms with Gasteiger partial charge < -0.3 is 29.2 Å². The summed E-state index contributed by atoms with van der Waals surface area (Å²) in [4.78, 5) is 24.6. The first-order valence-electron chi connectivity index (χ1n) is 9.62. The maximum Gasteiger partial charge on any atom is 0.547 e. The lowest BCUT2D eigenvalue weighted by molar-refractivity contribution is -0.125. The molecule has 1 fully saturated rings. The number of amides is 1. The van der Waals surface area contributed by atoms with E-state index >= 15 is 0 Å². The highest BCUT2D eigenvalue weighted by Crippen LogP contribution is 2.30. The molecule has 3 rings (SSSR count). The van der Waals surface area contributed by atoms with E-state index in [0.717, 1.165) is 24.8 Å². The fourth-order valence-corrected chi connectivity index (χ4v) is 3.44. The summed E-state index contributed by atoms with van der Waals surface area (Å²) >= 11 is 0. The first-order chi connectivity index (χ1) is 13.6. The summed E-state index contributed by atoms with van der Waals surface area (Å²) in [5, 5.41) is 13.2. The smallest absolute Gasteiger partial charge is 0.534 e. The number of hydrogen-bond donors (Lipinski definition) is 2. The minimum absolute atomic E-state index is 0.0730. The van der Waals surface area contributed by atoms with Crippen molar-refractivity contribution >= 4 is 19.0 Å². The van der Waals surface area contributed by atoms with Gasteiger partial charge in [-0.3, -0.25) is 4.79 Å². The van der Waals surface area contributed by atoms with E-state index in [9.17, 15) is 14.6 Å². The summed E-state index contributed by atoms with van der Waals surface area (Å²) in [6.07, 6.45) is 3.50. The van der Waals surface area contributed by atoms with Crippen molar-refractivity contribution in [2.45, 2.75) is 44.1 Å². The molecule has 0 aromatic heterocycles.